The van der Waals surface area contributed by atoms with Crippen molar-refractivity contribution in [2.75, 3.05) is 44.0 Å². The van der Waals surface area contributed by atoms with Crippen molar-refractivity contribution >= 4 is 29.6 Å². The van der Waals surface area contributed by atoms with E-state index in [9.17, 15) is 4.79 Å². The molecule has 1 heterocycles. The van der Waals surface area contributed by atoms with Gasteiger partial charge in [-0.15, -0.1) is 0 Å². The smallest absolute Gasteiger partial charge is 0.407 e. The Morgan fingerprint density at radius 3 is 2.44 bits per heavy atom. The van der Waals surface area contributed by atoms with Crippen LogP contribution in [0.2, 0.25) is 5.28 Å². The summed E-state index contributed by atoms with van der Waals surface area (Å²) in [7, 11) is 1.64. The maximum absolute atomic E-state index is 11.7. The highest BCUT2D eigenvalue weighted by atomic mass is 35.5. The molecular weight excluding hydrogens is 372 g/mol. The molecule has 0 saturated heterocycles. The fraction of sp³-hybridized carbons (Fsp3) is 0.412. The first kappa shape index (κ1) is 20.7. The molecule has 2 aromatic rings. The van der Waals surface area contributed by atoms with Gasteiger partial charge in [0.05, 0.1) is 6.54 Å². The molecule has 10 heteroatoms. The monoisotopic (exact) mass is 394 g/mol. The first-order valence-electron chi connectivity index (χ1n) is 8.50. The fourth-order valence-electron chi connectivity index (χ4n) is 2.05. The molecule has 3 N–H and O–H groups in total. The van der Waals surface area contributed by atoms with E-state index in [-0.39, 0.29) is 11.9 Å². The van der Waals surface area contributed by atoms with Crippen molar-refractivity contribution in [1.82, 2.24) is 20.3 Å². The van der Waals surface area contributed by atoms with Crippen LogP contribution < -0.4 is 16.0 Å². The SMILES string of the molecule is COCCCNc1nc(Cl)nc(NCCOC(=O)NCc2ccccc2)n1. The lowest BCUT2D eigenvalue weighted by atomic mass is 10.2. The third-order valence-corrected chi connectivity index (χ3v) is 3.48. The molecule has 0 spiro atoms. The summed E-state index contributed by atoms with van der Waals surface area (Å²) < 4.78 is 10.1. The lowest BCUT2D eigenvalue weighted by Gasteiger charge is -2.09. The molecule has 0 aliphatic rings. The molecule has 1 aromatic heterocycles. The predicted octanol–water partition coefficient (Wildman–Crippen LogP) is 2.31. The number of halogens is 1. The first-order valence-corrected chi connectivity index (χ1v) is 8.88. The van der Waals surface area contributed by atoms with Gasteiger partial charge in [0.2, 0.25) is 17.2 Å². The summed E-state index contributed by atoms with van der Waals surface area (Å²) in [6.45, 7) is 2.19. The summed E-state index contributed by atoms with van der Waals surface area (Å²) >= 11 is 5.89. The van der Waals surface area contributed by atoms with E-state index in [0.717, 1.165) is 12.0 Å². The number of aromatic nitrogens is 3. The number of anilines is 2. The number of methoxy groups -OCH3 is 1. The Morgan fingerprint density at radius 1 is 1.04 bits per heavy atom. The molecule has 27 heavy (non-hydrogen) atoms. The molecule has 0 aliphatic heterocycles. The molecule has 0 unspecified atom stereocenters. The van der Waals surface area contributed by atoms with E-state index in [1.807, 2.05) is 30.3 Å². The van der Waals surface area contributed by atoms with Crippen LogP contribution in [0, 0.1) is 0 Å². The maximum Gasteiger partial charge on any atom is 0.407 e. The Balaban J connectivity index is 1.66. The van der Waals surface area contributed by atoms with Gasteiger partial charge in [0.15, 0.2) is 0 Å². The number of benzene rings is 1. The molecular formula is C17H23ClN6O3. The zero-order valence-corrected chi connectivity index (χ0v) is 15.8. The van der Waals surface area contributed by atoms with Gasteiger partial charge in [0.1, 0.15) is 6.61 Å². The zero-order valence-electron chi connectivity index (χ0n) is 15.1. The highest BCUT2D eigenvalue weighted by Crippen LogP contribution is 2.09. The van der Waals surface area contributed by atoms with E-state index < -0.39 is 6.09 Å². The highest BCUT2D eigenvalue weighted by Gasteiger charge is 2.06. The molecule has 9 nitrogen and oxygen atoms in total. The van der Waals surface area contributed by atoms with Crippen molar-refractivity contribution in [3.63, 3.8) is 0 Å². The minimum Gasteiger partial charge on any atom is -0.448 e. The predicted molar refractivity (Wildman–Crippen MR) is 103 cm³/mol. The largest absolute Gasteiger partial charge is 0.448 e. The summed E-state index contributed by atoms with van der Waals surface area (Å²) in [4.78, 5) is 23.8. The van der Waals surface area contributed by atoms with Crippen molar-refractivity contribution in [2.24, 2.45) is 0 Å². The van der Waals surface area contributed by atoms with Crippen molar-refractivity contribution in [3.8, 4) is 0 Å². The van der Waals surface area contributed by atoms with Crippen LogP contribution in [-0.4, -0.2) is 54.5 Å². The number of ether oxygens (including phenoxy) is 2. The standard InChI is InChI=1S/C17H23ClN6O3/c1-26-10-5-8-19-15-22-14(18)23-16(24-15)20-9-11-27-17(25)21-12-13-6-3-2-4-7-13/h2-4,6-7H,5,8-12H2,1H3,(H,21,25)(H2,19,20,22,23,24). The molecule has 0 radical (unpaired) electrons. The van der Waals surface area contributed by atoms with Crippen LogP contribution >= 0.6 is 11.6 Å². The summed E-state index contributed by atoms with van der Waals surface area (Å²) in [6, 6.07) is 9.58. The van der Waals surface area contributed by atoms with Gasteiger partial charge in [-0.25, -0.2) is 4.79 Å². The van der Waals surface area contributed by atoms with E-state index in [1.54, 1.807) is 7.11 Å². The minimum absolute atomic E-state index is 0.0725. The van der Waals surface area contributed by atoms with Crippen LogP contribution in [0.1, 0.15) is 12.0 Å². The van der Waals surface area contributed by atoms with E-state index >= 15 is 0 Å². The number of nitrogens with zero attached hydrogens (tertiary/aromatic N) is 3. The number of hydrogen-bond donors (Lipinski definition) is 3. The third-order valence-electron chi connectivity index (χ3n) is 3.31. The molecule has 0 atom stereocenters. The maximum atomic E-state index is 11.7. The second kappa shape index (κ2) is 11.9. The number of nitrogens with one attached hydrogen (secondary N) is 3. The molecule has 0 fully saturated rings. The van der Waals surface area contributed by atoms with Crippen LogP contribution in [0.25, 0.3) is 0 Å². The highest BCUT2D eigenvalue weighted by molar-refractivity contribution is 6.28. The molecule has 0 aliphatic carbocycles. The van der Waals surface area contributed by atoms with Gasteiger partial charge in [0, 0.05) is 26.8 Å². The Labute approximate surface area is 162 Å². The zero-order chi connectivity index (χ0) is 19.3. The number of rotatable bonds is 11. The number of carbonyl (C=O) groups excluding carboxylic acids is 1. The third kappa shape index (κ3) is 8.52. The van der Waals surface area contributed by atoms with Crippen molar-refractivity contribution < 1.29 is 14.3 Å². The molecule has 2 rings (SSSR count). The fourth-order valence-corrected chi connectivity index (χ4v) is 2.21. The second-order valence-corrected chi connectivity index (χ2v) is 5.76. The molecule has 0 bridgehead atoms. The van der Waals surface area contributed by atoms with Crippen molar-refractivity contribution in [1.29, 1.82) is 0 Å². The molecule has 0 saturated carbocycles. The van der Waals surface area contributed by atoms with Gasteiger partial charge in [0.25, 0.3) is 0 Å². The van der Waals surface area contributed by atoms with Crippen LogP contribution in [-0.2, 0) is 16.0 Å². The lowest BCUT2D eigenvalue weighted by Crippen LogP contribution is -2.26. The number of alkyl carbamates (subject to hydrolysis) is 1. The second-order valence-electron chi connectivity index (χ2n) is 5.43. The average molecular weight is 395 g/mol. The normalized spacial score (nSPS) is 10.3. The van der Waals surface area contributed by atoms with Gasteiger partial charge < -0.3 is 25.4 Å². The molecule has 1 amide bonds. The van der Waals surface area contributed by atoms with Gasteiger partial charge >= 0.3 is 6.09 Å². The van der Waals surface area contributed by atoms with E-state index in [4.69, 9.17) is 21.1 Å². The first-order chi connectivity index (χ1) is 13.2. The van der Waals surface area contributed by atoms with Crippen molar-refractivity contribution in [2.45, 2.75) is 13.0 Å². The van der Waals surface area contributed by atoms with Crippen molar-refractivity contribution in [3.05, 3.63) is 41.2 Å². The van der Waals surface area contributed by atoms with Gasteiger partial charge in [-0.3, -0.25) is 0 Å². The molecule has 1 aromatic carbocycles. The Morgan fingerprint density at radius 2 is 1.74 bits per heavy atom. The minimum atomic E-state index is -0.491. The summed E-state index contributed by atoms with van der Waals surface area (Å²) in [5, 5.41) is 8.73. The van der Waals surface area contributed by atoms with E-state index in [2.05, 4.69) is 30.9 Å². The number of hydrogen-bond acceptors (Lipinski definition) is 8. The summed E-state index contributed by atoms with van der Waals surface area (Å²) in [5.41, 5.74) is 0.998. The molecule has 146 valence electrons. The van der Waals surface area contributed by atoms with Gasteiger partial charge in [-0.1, -0.05) is 30.3 Å². The Hall–Kier alpha value is -2.65. The van der Waals surface area contributed by atoms with Gasteiger partial charge in [-0.05, 0) is 23.6 Å². The summed E-state index contributed by atoms with van der Waals surface area (Å²) in [6.07, 6.45) is 0.323. The number of carbonyl (C=O) groups is 1. The quantitative estimate of drug-likeness (QED) is 0.498. The average Bonchev–Trinajstić information content (AvgIpc) is 2.67. The van der Waals surface area contributed by atoms with Crippen LogP contribution in [0.5, 0.6) is 0 Å². The topological polar surface area (TPSA) is 110 Å². The van der Waals surface area contributed by atoms with E-state index in [0.29, 0.717) is 38.1 Å². The van der Waals surface area contributed by atoms with Crippen LogP contribution in [0.3, 0.4) is 0 Å². The van der Waals surface area contributed by atoms with Crippen LogP contribution in [0.4, 0.5) is 16.7 Å². The Kier molecular flexibility index (Phi) is 9.08. The Bertz CT molecular complexity index is 704. The number of amides is 1. The van der Waals surface area contributed by atoms with Gasteiger partial charge in [-0.2, -0.15) is 15.0 Å². The van der Waals surface area contributed by atoms with E-state index in [1.165, 1.54) is 0 Å². The summed E-state index contributed by atoms with van der Waals surface area (Å²) in [5.74, 6) is 0.674. The van der Waals surface area contributed by atoms with Crippen LogP contribution in [0.15, 0.2) is 30.3 Å². The lowest BCUT2D eigenvalue weighted by molar-refractivity contribution is 0.150.